The molecule has 3 N–H and O–H groups in total. The van der Waals surface area contributed by atoms with Crippen molar-refractivity contribution >= 4 is 5.91 Å². The first-order valence-electron chi connectivity index (χ1n) is 8.28. The van der Waals surface area contributed by atoms with Gasteiger partial charge < -0.3 is 11.1 Å². The normalized spacial score (nSPS) is 40.0. The summed E-state index contributed by atoms with van der Waals surface area (Å²) in [5.74, 6) is 3.50. The summed E-state index contributed by atoms with van der Waals surface area (Å²) in [5, 5.41) is 3.39. The number of carbonyl (C=O) groups is 1. The Balaban J connectivity index is 1.71. The maximum atomic E-state index is 12.7. The largest absolute Gasteiger partial charge is 0.352 e. The van der Waals surface area contributed by atoms with Gasteiger partial charge in [-0.3, -0.25) is 4.79 Å². The Labute approximate surface area is 123 Å². The van der Waals surface area contributed by atoms with Gasteiger partial charge in [0.15, 0.2) is 0 Å². The minimum Gasteiger partial charge on any atom is -0.352 e. The maximum Gasteiger partial charge on any atom is 0.227 e. The van der Waals surface area contributed by atoms with Crippen molar-refractivity contribution in [1.29, 1.82) is 0 Å². The second-order valence-electron chi connectivity index (χ2n) is 8.78. The van der Waals surface area contributed by atoms with Gasteiger partial charge in [-0.2, -0.15) is 0 Å². The summed E-state index contributed by atoms with van der Waals surface area (Å²) < 4.78 is 0. The Kier molecular flexibility index (Phi) is 3.20. The van der Waals surface area contributed by atoms with E-state index in [2.05, 4.69) is 5.32 Å². The molecule has 0 spiro atoms. The number of amides is 1. The van der Waals surface area contributed by atoms with E-state index in [-0.39, 0.29) is 5.91 Å². The molecule has 4 aliphatic rings. The zero-order chi connectivity index (χ0) is 14.7. The van der Waals surface area contributed by atoms with Crippen molar-refractivity contribution in [3.8, 4) is 0 Å². The Bertz CT molecular complexity index is 380. The molecule has 4 bridgehead atoms. The standard InChI is InChI=1S/C17H30N2O/c1-16(2,17(3,4)18)15(20)19-14-12-6-10-5-11(8-12)9-13(14)7-10/h10-14H,5-9,18H2,1-4H3,(H,19,20). The summed E-state index contributed by atoms with van der Waals surface area (Å²) in [7, 11) is 0. The number of hydrogen-bond donors (Lipinski definition) is 2. The van der Waals surface area contributed by atoms with Crippen LogP contribution in [0.1, 0.15) is 59.8 Å². The monoisotopic (exact) mass is 278 g/mol. The van der Waals surface area contributed by atoms with E-state index in [1.165, 1.54) is 32.1 Å². The van der Waals surface area contributed by atoms with Crippen molar-refractivity contribution in [2.45, 2.75) is 71.4 Å². The van der Waals surface area contributed by atoms with Crippen LogP contribution in [0.25, 0.3) is 0 Å². The molecule has 4 saturated carbocycles. The summed E-state index contributed by atoms with van der Waals surface area (Å²) in [5.41, 5.74) is 5.18. The molecule has 0 unspecified atom stereocenters. The first-order chi connectivity index (χ1) is 9.18. The fraction of sp³-hybridized carbons (Fsp3) is 0.941. The molecule has 114 valence electrons. The van der Waals surface area contributed by atoms with Crippen LogP contribution in [-0.4, -0.2) is 17.5 Å². The van der Waals surface area contributed by atoms with Crippen molar-refractivity contribution < 1.29 is 4.79 Å². The average molecular weight is 278 g/mol. The van der Waals surface area contributed by atoms with Crippen molar-refractivity contribution in [3.63, 3.8) is 0 Å². The van der Waals surface area contributed by atoms with E-state index in [4.69, 9.17) is 5.73 Å². The highest BCUT2D eigenvalue weighted by Crippen LogP contribution is 2.53. The van der Waals surface area contributed by atoms with Gasteiger partial charge in [0, 0.05) is 11.6 Å². The van der Waals surface area contributed by atoms with Gasteiger partial charge in [0.05, 0.1) is 5.41 Å². The maximum absolute atomic E-state index is 12.7. The van der Waals surface area contributed by atoms with Gasteiger partial charge in [-0.1, -0.05) is 0 Å². The average Bonchev–Trinajstić information content (AvgIpc) is 2.31. The second kappa shape index (κ2) is 4.46. The van der Waals surface area contributed by atoms with Crippen LogP contribution in [0.15, 0.2) is 0 Å². The Hall–Kier alpha value is -0.570. The summed E-state index contributed by atoms with van der Waals surface area (Å²) in [6.45, 7) is 7.84. The van der Waals surface area contributed by atoms with Crippen LogP contribution in [0.2, 0.25) is 0 Å². The molecule has 3 heteroatoms. The van der Waals surface area contributed by atoms with Gasteiger partial charge in [-0.05, 0) is 83.5 Å². The predicted octanol–water partition coefficient (Wildman–Crippen LogP) is 2.69. The lowest BCUT2D eigenvalue weighted by atomic mass is 9.54. The quantitative estimate of drug-likeness (QED) is 0.834. The van der Waals surface area contributed by atoms with Crippen LogP contribution in [0, 0.1) is 29.1 Å². The van der Waals surface area contributed by atoms with Gasteiger partial charge in [-0.25, -0.2) is 0 Å². The molecule has 0 aromatic heterocycles. The highest BCUT2D eigenvalue weighted by molar-refractivity contribution is 5.83. The van der Waals surface area contributed by atoms with Crippen molar-refractivity contribution in [2.75, 3.05) is 0 Å². The summed E-state index contributed by atoms with van der Waals surface area (Å²) in [6.07, 6.45) is 6.80. The third kappa shape index (κ3) is 2.18. The molecular formula is C17H30N2O. The van der Waals surface area contributed by atoms with Crippen LogP contribution in [-0.2, 0) is 4.79 Å². The fourth-order valence-electron chi connectivity index (χ4n) is 4.79. The predicted molar refractivity (Wildman–Crippen MR) is 81.0 cm³/mol. The lowest BCUT2D eigenvalue weighted by Crippen LogP contribution is -2.61. The van der Waals surface area contributed by atoms with Crippen molar-refractivity contribution in [1.82, 2.24) is 5.32 Å². The lowest BCUT2D eigenvalue weighted by Gasteiger charge is -2.55. The summed E-state index contributed by atoms with van der Waals surface area (Å²) in [6, 6.07) is 0.414. The third-order valence-corrected chi connectivity index (χ3v) is 6.70. The molecule has 0 heterocycles. The number of hydrogen-bond acceptors (Lipinski definition) is 2. The minimum atomic E-state index is -0.526. The number of nitrogens with two attached hydrogens (primary N) is 1. The highest BCUT2D eigenvalue weighted by atomic mass is 16.2. The van der Waals surface area contributed by atoms with Crippen LogP contribution < -0.4 is 11.1 Å². The van der Waals surface area contributed by atoms with Gasteiger partial charge in [0.1, 0.15) is 0 Å². The molecule has 4 fully saturated rings. The third-order valence-electron chi connectivity index (χ3n) is 6.70. The van der Waals surface area contributed by atoms with Crippen LogP contribution in [0.4, 0.5) is 0 Å². The van der Waals surface area contributed by atoms with Gasteiger partial charge in [-0.15, -0.1) is 0 Å². The molecule has 4 aliphatic carbocycles. The minimum absolute atomic E-state index is 0.141. The number of rotatable bonds is 3. The van der Waals surface area contributed by atoms with E-state index in [0.717, 1.165) is 23.7 Å². The zero-order valence-corrected chi connectivity index (χ0v) is 13.4. The highest BCUT2D eigenvalue weighted by Gasteiger charge is 2.50. The van der Waals surface area contributed by atoms with E-state index in [9.17, 15) is 4.79 Å². The first kappa shape index (κ1) is 14.4. The SMILES string of the molecule is CC(C)(N)C(C)(C)C(=O)NC1C2CC3CC(C2)CC1C3. The Morgan fingerprint density at radius 2 is 1.40 bits per heavy atom. The zero-order valence-electron chi connectivity index (χ0n) is 13.4. The number of carbonyl (C=O) groups excluding carboxylic acids is 1. The molecule has 0 aliphatic heterocycles. The smallest absolute Gasteiger partial charge is 0.227 e. The fourth-order valence-corrected chi connectivity index (χ4v) is 4.79. The van der Waals surface area contributed by atoms with E-state index < -0.39 is 11.0 Å². The lowest BCUT2D eigenvalue weighted by molar-refractivity contribution is -0.136. The van der Waals surface area contributed by atoms with E-state index in [0.29, 0.717) is 6.04 Å². The molecular weight excluding hydrogens is 248 g/mol. The van der Waals surface area contributed by atoms with Gasteiger partial charge in [0.2, 0.25) is 5.91 Å². The van der Waals surface area contributed by atoms with Gasteiger partial charge in [0.25, 0.3) is 0 Å². The van der Waals surface area contributed by atoms with Crippen molar-refractivity contribution in [2.24, 2.45) is 34.8 Å². The van der Waals surface area contributed by atoms with E-state index >= 15 is 0 Å². The van der Waals surface area contributed by atoms with Crippen LogP contribution >= 0.6 is 0 Å². The molecule has 0 atom stereocenters. The summed E-state index contributed by atoms with van der Waals surface area (Å²) >= 11 is 0. The van der Waals surface area contributed by atoms with Gasteiger partial charge >= 0.3 is 0 Å². The molecule has 3 nitrogen and oxygen atoms in total. The Morgan fingerprint density at radius 1 is 0.950 bits per heavy atom. The molecule has 0 aromatic carbocycles. The van der Waals surface area contributed by atoms with Crippen LogP contribution in [0.3, 0.4) is 0 Å². The molecule has 0 radical (unpaired) electrons. The molecule has 0 aromatic rings. The van der Waals surface area contributed by atoms with Crippen molar-refractivity contribution in [3.05, 3.63) is 0 Å². The number of nitrogens with one attached hydrogen (secondary N) is 1. The first-order valence-corrected chi connectivity index (χ1v) is 8.28. The van der Waals surface area contributed by atoms with E-state index in [1.807, 2.05) is 27.7 Å². The second-order valence-corrected chi connectivity index (χ2v) is 8.78. The van der Waals surface area contributed by atoms with E-state index in [1.54, 1.807) is 0 Å². The Morgan fingerprint density at radius 3 is 1.80 bits per heavy atom. The molecule has 1 amide bonds. The topological polar surface area (TPSA) is 55.1 Å². The molecule has 4 rings (SSSR count). The summed E-state index contributed by atoms with van der Waals surface area (Å²) in [4.78, 5) is 12.7. The molecule has 0 saturated heterocycles. The van der Waals surface area contributed by atoms with Crippen LogP contribution in [0.5, 0.6) is 0 Å². The molecule has 20 heavy (non-hydrogen) atoms.